The summed E-state index contributed by atoms with van der Waals surface area (Å²) < 4.78 is 0. The smallest absolute Gasteiger partial charge is 0.224 e. The highest BCUT2D eigenvalue weighted by Gasteiger charge is 2.16. The minimum absolute atomic E-state index is 0.634. The van der Waals surface area contributed by atoms with Crippen LogP contribution in [0.15, 0.2) is 0 Å². The zero-order valence-corrected chi connectivity index (χ0v) is 12.6. The number of likely N-dealkylation sites (N-methyl/N-ethyl adjacent to an activating group) is 1. The van der Waals surface area contributed by atoms with E-state index in [0.717, 1.165) is 50.3 Å². The molecule has 0 atom stereocenters. The molecule has 0 aromatic carbocycles. The van der Waals surface area contributed by atoms with Gasteiger partial charge in [0.1, 0.15) is 5.15 Å². The van der Waals surface area contributed by atoms with Crippen molar-refractivity contribution < 1.29 is 0 Å². The van der Waals surface area contributed by atoms with Crippen molar-refractivity contribution in [3.05, 3.63) is 16.4 Å². The largest absolute Gasteiger partial charge is 0.353 e. The Kier molecular flexibility index (Phi) is 5.40. The highest BCUT2D eigenvalue weighted by molar-refractivity contribution is 6.30. The first kappa shape index (κ1) is 14.5. The van der Waals surface area contributed by atoms with E-state index >= 15 is 0 Å². The number of fused-ring (bicyclic) bond motifs is 1. The Bertz CT molecular complexity index is 418. The Morgan fingerprint density at radius 3 is 2.63 bits per heavy atom. The summed E-state index contributed by atoms with van der Waals surface area (Å²) in [5.74, 6) is 0.679. The third kappa shape index (κ3) is 3.80. The molecule has 0 amide bonds. The molecule has 1 aromatic rings. The van der Waals surface area contributed by atoms with Gasteiger partial charge < -0.3 is 10.2 Å². The van der Waals surface area contributed by atoms with Crippen LogP contribution in [0.1, 0.15) is 37.9 Å². The molecule has 0 radical (unpaired) electrons. The van der Waals surface area contributed by atoms with Crippen LogP contribution in [0.3, 0.4) is 0 Å². The van der Waals surface area contributed by atoms with Crippen LogP contribution < -0.4 is 5.32 Å². The van der Waals surface area contributed by atoms with Crippen molar-refractivity contribution in [3.8, 4) is 0 Å². The zero-order chi connectivity index (χ0) is 13.7. The SMILES string of the molecule is CCN(CC)CCNc1nc(Cl)c2c(n1)CCCC2. The molecule has 0 bridgehead atoms. The zero-order valence-electron chi connectivity index (χ0n) is 11.9. The van der Waals surface area contributed by atoms with Crippen molar-refractivity contribution in [3.63, 3.8) is 0 Å². The van der Waals surface area contributed by atoms with Crippen LogP contribution in [0.5, 0.6) is 0 Å². The predicted molar refractivity (Wildman–Crippen MR) is 80.0 cm³/mol. The van der Waals surface area contributed by atoms with Crippen LogP contribution in [0.4, 0.5) is 5.95 Å². The van der Waals surface area contributed by atoms with E-state index in [-0.39, 0.29) is 0 Å². The van der Waals surface area contributed by atoms with Gasteiger partial charge in [-0.2, -0.15) is 0 Å². The minimum Gasteiger partial charge on any atom is -0.353 e. The summed E-state index contributed by atoms with van der Waals surface area (Å²) in [7, 11) is 0. The molecule has 0 aliphatic heterocycles. The van der Waals surface area contributed by atoms with Gasteiger partial charge >= 0.3 is 0 Å². The van der Waals surface area contributed by atoms with Gasteiger partial charge in [0, 0.05) is 18.7 Å². The van der Waals surface area contributed by atoms with Crippen LogP contribution in [0, 0.1) is 0 Å². The Morgan fingerprint density at radius 1 is 1.16 bits per heavy atom. The number of hydrogen-bond donors (Lipinski definition) is 1. The van der Waals surface area contributed by atoms with Gasteiger partial charge in [-0.15, -0.1) is 0 Å². The second-order valence-electron chi connectivity index (χ2n) is 4.92. The molecule has 1 aliphatic rings. The molecule has 0 spiro atoms. The number of nitrogens with one attached hydrogen (secondary N) is 1. The van der Waals surface area contributed by atoms with Crippen LogP contribution in [-0.4, -0.2) is 41.0 Å². The Hall–Kier alpha value is -0.870. The number of aryl methyl sites for hydroxylation is 1. The van der Waals surface area contributed by atoms with E-state index in [1.54, 1.807) is 0 Å². The van der Waals surface area contributed by atoms with Crippen molar-refractivity contribution in [2.24, 2.45) is 0 Å². The third-order valence-corrected chi connectivity index (χ3v) is 4.05. The molecular formula is C14H23ClN4. The normalized spacial score (nSPS) is 14.5. The van der Waals surface area contributed by atoms with E-state index in [4.69, 9.17) is 11.6 Å². The highest BCUT2D eigenvalue weighted by Crippen LogP contribution is 2.26. The molecule has 0 saturated heterocycles. The molecule has 106 valence electrons. The molecule has 1 N–H and O–H groups in total. The molecule has 4 nitrogen and oxygen atoms in total. The average Bonchev–Trinajstić information content (AvgIpc) is 2.44. The van der Waals surface area contributed by atoms with Crippen LogP contribution >= 0.6 is 11.6 Å². The quantitative estimate of drug-likeness (QED) is 0.815. The number of hydrogen-bond acceptors (Lipinski definition) is 4. The van der Waals surface area contributed by atoms with E-state index in [1.165, 1.54) is 12.8 Å². The van der Waals surface area contributed by atoms with E-state index < -0.39 is 0 Å². The van der Waals surface area contributed by atoms with Crippen molar-refractivity contribution >= 4 is 17.5 Å². The fourth-order valence-corrected chi connectivity index (χ4v) is 2.78. The van der Waals surface area contributed by atoms with Gasteiger partial charge in [0.15, 0.2) is 0 Å². The Labute approximate surface area is 120 Å². The van der Waals surface area contributed by atoms with Crippen LogP contribution in [0.2, 0.25) is 5.15 Å². The number of anilines is 1. The summed E-state index contributed by atoms with van der Waals surface area (Å²) in [5.41, 5.74) is 2.29. The molecule has 1 aromatic heterocycles. The Balaban J connectivity index is 1.96. The van der Waals surface area contributed by atoms with Gasteiger partial charge in [0.25, 0.3) is 0 Å². The number of aromatic nitrogens is 2. The number of halogens is 1. The Morgan fingerprint density at radius 2 is 1.89 bits per heavy atom. The summed E-state index contributed by atoms with van der Waals surface area (Å²) in [6, 6.07) is 0. The molecule has 0 saturated carbocycles. The first-order valence-electron chi connectivity index (χ1n) is 7.26. The van der Waals surface area contributed by atoms with E-state index in [1.807, 2.05) is 0 Å². The van der Waals surface area contributed by atoms with Crippen molar-refractivity contribution in [1.29, 1.82) is 0 Å². The van der Waals surface area contributed by atoms with Gasteiger partial charge in [0.2, 0.25) is 5.95 Å². The predicted octanol–water partition coefficient (Wildman–Crippen LogP) is 2.76. The maximum atomic E-state index is 6.24. The van der Waals surface area contributed by atoms with Gasteiger partial charge in [-0.3, -0.25) is 0 Å². The number of rotatable bonds is 6. The second-order valence-corrected chi connectivity index (χ2v) is 5.28. The van der Waals surface area contributed by atoms with Crippen LogP contribution in [0.25, 0.3) is 0 Å². The summed E-state index contributed by atoms with van der Waals surface area (Å²) in [4.78, 5) is 11.3. The standard InChI is InChI=1S/C14H23ClN4/c1-3-19(4-2)10-9-16-14-17-12-8-6-5-7-11(12)13(15)18-14/h3-10H2,1-2H3,(H,16,17,18). The lowest BCUT2D eigenvalue weighted by Gasteiger charge is -2.19. The van der Waals surface area contributed by atoms with Crippen molar-refractivity contribution in [2.75, 3.05) is 31.5 Å². The molecule has 19 heavy (non-hydrogen) atoms. The maximum absolute atomic E-state index is 6.24. The van der Waals surface area contributed by atoms with Crippen molar-refractivity contribution in [1.82, 2.24) is 14.9 Å². The molecule has 2 rings (SSSR count). The molecular weight excluding hydrogens is 260 g/mol. The van der Waals surface area contributed by atoms with E-state index in [9.17, 15) is 0 Å². The summed E-state index contributed by atoms with van der Waals surface area (Å²) in [5, 5.41) is 3.92. The minimum atomic E-state index is 0.634. The fraction of sp³-hybridized carbons (Fsp3) is 0.714. The van der Waals surface area contributed by atoms with Gasteiger partial charge in [-0.05, 0) is 38.8 Å². The van der Waals surface area contributed by atoms with Crippen LogP contribution in [-0.2, 0) is 12.8 Å². The van der Waals surface area contributed by atoms with Gasteiger partial charge in [0.05, 0.1) is 5.69 Å². The first-order chi connectivity index (χ1) is 9.24. The lowest BCUT2D eigenvalue weighted by Crippen LogP contribution is -2.29. The average molecular weight is 283 g/mol. The topological polar surface area (TPSA) is 41.0 Å². The van der Waals surface area contributed by atoms with E-state index in [0.29, 0.717) is 11.1 Å². The summed E-state index contributed by atoms with van der Waals surface area (Å²) in [6.07, 6.45) is 4.46. The monoisotopic (exact) mass is 282 g/mol. The number of nitrogens with zero attached hydrogens (tertiary/aromatic N) is 3. The lowest BCUT2D eigenvalue weighted by molar-refractivity contribution is 0.316. The molecule has 1 heterocycles. The fourth-order valence-electron chi connectivity index (χ4n) is 2.49. The van der Waals surface area contributed by atoms with Gasteiger partial charge in [-0.1, -0.05) is 25.4 Å². The first-order valence-corrected chi connectivity index (χ1v) is 7.63. The molecule has 0 fully saturated rings. The second kappa shape index (κ2) is 7.06. The lowest BCUT2D eigenvalue weighted by atomic mass is 9.97. The van der Waals surface area contributed by atoms with E-state index in [2.05, 4.69) is 34.0 Å². The van der Waals surface area contributed by atoms with Gasteiger partial charge in [-0.25, -0.2) is 9.97 Å². The molecule has 0 unspecified atom stereocenters. The third-order valence-electron chi connectivity index (χ3n) is 3.74. The summed E-state index contributed by atoms with van der Waals surface area (Å²) >= 11 is 6.24. The maximum Gasteiger partial charge on any atom is 0.224 e. The molecule has 1 aliphatic carbocycles. The molecule has 5 heteroatoms. The summed E-state index contributed by atoms with van der Waals surface area (Å²) in [6.45, 7) is 8.36. The highest BCUT2D eigenvalue weighted by atomic mass is 35.5. The van der Waals surface area contributed by atoms with Crippen molar-refractivity contribution in [2.45, 2.75) is 39.5 Å².